The Morgan fingerprint density at radius 3 is 2.61 bits per heavy atom. The standard InChI is InChI=1S/C26H27ClFN3O2/c1-17-2-9-21(14-23(17)27)31-24(18-3-4-18)22(15-30-31)25(32)29-16-26(10-12-33-13-11-26)19-5-7-20(28)8-6-19/h2,5-9,14-15,18H,3-4,10-13,16H2,1H3,(H,29,32). The van der Waals surface area contributed by atoms with E-state index < -0.39 is 0 Å². The number of rotatable bonds is 6. The van der Waals surface area contributed by atoms with Crippen LogP contribution in [0, 0.1) is 12.7 Å². The molecule has 0 radical (unpaired) electrons. The molecule has 1 aliphatic carbocycles. The molecule has 0 atom stereocenters. The lowest BCUT2D eigenvalue weighted by Crippen LogP contribution is -2.44. The van der Waals surface area contributed by atoms with Gasteiger partial charge in [0, 0.05) is 36.1 Å². The van der Waals surface area contributed by atoms with Crippen LogP contribution >= 0.6 is 11.6 Å². The van der Waals surface area contributed by atoms with Crippen LogP contribution in [-0.2, 0) is 10.2 Å². The molecule has 1 N–H and O–H groups in total. The van der Waals surface area contributed by atoms with Gasteiger partial charge in [-0.3, -0.25) is 4.79 Å². The molecule has 1 aromatic heterocycles. The number of amides is 1. The molecule has 5 nitrogen and oxygen atoms in total. The summed E-state index contributed by atoms with van der Waals surface area (Å²) in [6, 6.07) is 12.4. The molecule has 1 saturated carbocycles. The molecule has 1 saturated heterocycles. The van der Waals surface area contributed by atoms with Gasteiger partial charge in [0.15, 0.2) is 0 Å². The summed E-state index contributed by atoms with van der Waals surface area (Å²) >= 11 is 6.35. The summed E-state index contributed by atoms with van der Waals surface area (Å²) in [7, 11) is 0. The Morgan fingerprint density at radius 1 is 1.21 bits per heavy atom. The van der Waals surface area contributed by atoms with E-state index in [4.69, 9.17) is 16.3 Å². The Bertz CT molecular complexity index is 1160. The minimum Gasteiger partial charge on any atom is -0.381 e. The minimum atomic E-state index is -0.276. The Balaban J connectivity index is 1.41. The van der Waals surface area contributed by atoms with Gasteiger partial charge < -0.3 is 10.1 Å². The Kier molecular flexibility index (Phi) is 5.97. The molecule has 7 heteroatoms. The number of hydrogen-bond donors (Lipinski definition) is 1. The van der Waals surface area contributed by atoms with Crippen molar-refractivity contribution < 1.29 is 13.9 Å². The quantitative estimate of drug-likeness (QED) is 0.533. The van der Waals surface area contributed by atoms with Gasteiger partial charge in [-0.15, -0.1) is 0 Å². The van der Waals surface area contributed by atoms with Gasteiger partial charge >= 0.3 is 0 Å². The van der Waals surface area contributed by atoms with E-state index in [1.807, 2.05) is 41.9 Å². The van der Waals surface area contributed by atoms with Crippen LogP contribution in [-0.4, -0.2) is 35.4 Å². The van der Waals surface area contributed by atoms with Crippen molar-refractivity contribution in [3.8, 4) is 5.69 Å². The highest BCUT2D eigenvalue weighted by Gasteiger charge is 2.37. The largest absolute Gasteiger partial charge is 0.381 e. The second kappa shape index (κ2) is 8.92. The van der Waals surface area contributed by atoms with Gasteiger partial charge in [0.25, 0.3) is 5.91 Å². The molecule has 0 unspecified atom stereocenters. The molecule has 3 aromatic rings. The first-order valence-corrected chi connectivity index (χ1v) is 11.8. The number of aromatic nitrogens is 2. The van der Waals surface area contributed by atoms with Crippen molar-refractivity contribution >= 4 is 17.5 Å². The highest BCUT2D eigenvalue weighted by atomic mass is 35.5. The van der Waals surface area contributed by atoms with Gasteiger partial charge in [0.2, 0.25) is 0 Å². The molecule has 2 aliphatic rings. The van der Waals surface area contributed by atoms with E-state index in [9.17, 15) is 9.18 Å². The van der Waals surface area contributed by atoms with Crippen LogP contribution in [0.15, 0.2) is 48.7 Å². The lowest BCUT2D eigenvalue weighted by Gasteiger charge is -2.38. The molecule has 33 heavy (non-hydrogen) atoms. The summed E-state index contributed by atoms with van der Waals surface area (Å²) in [6.07, 6.45) is 5.29. The Labute approximate surface area is 197 Å². The van der Waals surface area contributed by atoms with E-state index in [1.54, 1.807) is 6.20 Å². The number of hydrogen-bond acceptors (Lipinski definition) is 3. The van der Waals surface area contributed by atoms with Gasteiger partial charge in [-0.1, -0.05) is 29.8 Å². The minimum absolute atomic E-state index is 0.130. The molecule has 2 heterocycles. The SMILES string of the molecule is Cc1ccc(-n2ncc(C(=O)NCC3(c4ccc(F)cc4)CCOCC3)c2C2CC2)cc1Cl. The predicted molar refractivity (Wildman–Crippen MR) is 126 cm³/mol. The van der Waals surface area contributed by atoms with Crippen molar-refractivity contribution in [3.63, 3.8) is 0 Å². The number of nitrogens with one attached hydrogen (secondary N) is 1. The van der Waals surface area contributed by atoms with E-state index >= 15 is 0 Å². The molecule has 172 valence electrons. The third-order valence-corrected chi connectivity index (χ3v) is 7.32. The number of ether oxygens (including phenoxy) is 1. The Hall–Kier alpha value is -2.70. The maximum Gasteiger partial charge on any atom is 0.254 e. The van der Waals surface area contributed by atoms with Crippen LogP contribution in [0.1, 0.15) is 58.8 Å². The normalized spacial score (nSPS) is 17.7. The first kappa shape index (κ1) is 22.1. The van der Waals surface area contributed by atoms with Crippen molar-refractivity contribution in [3.05, 3.63) is 81.9 Å². The number of aryl methyl sites for hydroxylation is 1. The molecular formula is C26H27ClFN3O2. The lowest BCUT2D eigenvalue weighted by molar-refractivity contribution is 0.0487. The fraction of sp³-hybridized carbons (Fsp3) is 0.385. The van der Waals surface area contributed by atoms with Crippen molar-refractivity contribution in [2.45, 2.75) is 43.9 Å². The van der Waals surface area contributed by atoms with Crippen molar-refractivity contribution in [1.29, 1.82) is 0 Å². The average Bonchev–Trinajstić information content (AvgIpc) is 3.58. The Morgan fingerprint density at radius 2 is 1.94 bits per heavy atom. The molecule has 1 amide bonds. The average molecular weight is 468 g/mol. The van der Waals surface area contributed by atoms with Crippen LogP contribution in [0.4, 0.5) is 4.39 Å². The number of carbonyl (C=O) groups excluding carboxylic acids is 1. The van der Waals surface area contributed by atoms with E-state index in [0.29, 0.717) is 36.3 Å². The number of nitrogens with zero attached hydrogens (tertiary/aromatic N) is 2. The van der Waals surface area contributed by atoms with Crippen molar-refractivity contribution in [1.82, 2.24) is 15.1 Å². The van der Waals surface area contributed by atoms with E-state index in [0.717, 1.165) is 48.2 Å². The molecule has 0 bridgehead atoms. The monoisotopic (exact) mass is 467 g/mol. The third-order valence-electron chi connectivity index (χ3n) is 6.91. The summed E-state index contributed by atoms with van der Waals surface area (Å²) in [4.78, 5) is 13.4. The van der Waals surface area contributed by atoms with Gasteiger partial charge in [-0.25, -0.2) is 9.07 Å². The number of benzene rings is 2. The summed E-state index contributed by atoms with van der Waals surface area (Å²) < 4.78 is 20.9. The first-order valence-electron chi connectivity index (χ1n) is 11.4. The zero-order valence-electron chi connectivity index (χ0n) is 18.6. The van der Waals surface area contributed by atoms with Gasteiger partial charge in [0.05, 0.1) is 23.1 Å². The zero-order chi connectivity index (χ0) is 23.0. The van der Waals surface area contributed by atoms with Crippen LogP contribution < -0.4 is 5.32 Å². The smallest absolute Gasteiger partial charge is 0.254 e. The van der Waals surface area contributed by atoms with Gasteiger partial charge in [-0.05, 0) is 68.0 Å². The van der Waals surface area contributed by atoms with Gasteiger partial charge in [0.1, 0.15) is 5.82 Å². The molecule has 2 fully saturated rings. The molecule has 2 aromatic carbocycles. The highest BCUT2D eigenvalue weighted by Crippen LogP contribution is 2.43. The lowest BCUT2D eigenvalue weighted by atomic mass is 9.74. The maximum absolute atomic E-state index is 13.5. The second-order valence-corrected chi connectivity index (χ2v) is 9.55. The maximum atomic E-state index is 13.5. The van der Waals surface area contributed by atoms with Gasteiger partial charge in [-0.2, -0.15) is 5.10 Å². The molecule has 0 spiro atoms. The van der Waals surface area contributed by atoms with Crippen molar-refractivity contribution in [2.24, 2.45) is 0 Å². The summed E-state index contributed by atoms with van der Waals surface area (Å²) in [5.74, 6) is -0.0699. The fourth-order valence-electron chi connectivity index (χ4n) is 4.68. The van der Waals surface area contributed by atoms with Crippen LogP contribution in [0.25, 0.3) is 5.69 Å². The topological polar surface area (TPSA) is 56.2 Å². The van der Waals surface area contributed by atoms with Crippen LogP contribution in [0.3, 0.4) is 0 Å². The highest BCUT2D eigenvalue weighted by molar-refractivity contribution is 6.31. The van der Waals surface area contributed by atoms with E-state index in [1.165, 1.54) is 12.1 Å². The summed E-state index contributed by atoms with van der Waals surface area (Å²) in [5.41, 5.74) is 4.16. The molecular weight excluding hydrogens is 441 g/mol. The van der Waals surface area contributed by atoms with E-state index in [-0.39, 0.29) is 17.1 Å². The predicted octanol–water partition coefficient (Wildman–Crippen LogP) is 5.33. The fourth-order valence-corrected chi connectivity index (χ4v) is 4.85. The summed E-state index contributed by atoms with van der Waals surface area (Å²) in [6.45, 7) is 3.66. The van der Waals surface area contributed by atoms with Crippen molar-refractivity contribution in [2.75, 3.05) is 19.8 Å². The van der Waals surface area contributed by atoms with E-state index in [2.05, 4.69) is 10.4 Å². The zero-order valence-corrected chi connectivity index (χ0v) is 19.4. The number of halogens is 2. The molecule has 5 rings (SSSR count). The number of carbonyl (C=O) groups is 1. The first-order chi connectivity index (χ1) is 16.0. The molecule has 1 aliphatic heterocycles. The second-order valence-electron chi connectivity index (χ2n) is 9.15. The van der Waals surface area contributed by atoms with Crippen LogP contribution in [0.5, 0.6) is 0 Å². The third kappa shape index (κ3) is 4.42. The summed E-state index contributed by atoms with van der Waals surface area (Å²) in [5, 5.41) is 8.40. The van der Waals surface area contributed by atoms with Crippen LogP contribution in [0.2, 0.25) is 5.02 Å².